The first-order valence-electron chi connectivity index (χ1n) is 8.16. The van der Waals surface area contributed by atoms with Crippen LogP contribution < -0.4 is 0 Å². The lowest BCUT2D eigenvalue weighted by molar-refractivity contribution is 0.357. The van der Waals surface area contributed by atoms with Crippen LogP contribution >= 0.6 is 63.3 Å². The van der Waals surface area contributed by atoms with Crippen molar-refractivity contribution >= 4 is 63.3 Å². The van der Waals surface area contributed by atoms with Gasteiger partial charge in [-0.2, -0.15) is 0 Å². The van der Waals surface area contributed by atoms with E-state index in [2.05, 4.69) is 6.92 Å². The molecule has 2 aromatic rings. The largest absolute Gasteiger partial charge is 0.314 e. The van der Waals surface area contributed by atoms with Crippen molar-refractivity contribution in [1.82, 2.24) is 0 Å². The van der Waals surface area contributed by atoms with E-state index in [1.807, 2.05) is 43.3 Å². The van der Waals surface area contributed by atoms with E-state index in [9.17, 15) is 4.57 Å². The molecule has 2 atom stereocenters. The van der Waals surface area contributed by atoms with Gasteiger partial charge in [-0.1, -0.05) is 71.3 Å². The van der Waals surface area contributed by atoms with Crippen LogP contribution in [0.2, 0.25) is 15.1 Å². The Labute approximate surface area is 178 Å². The molecule has 2 nitrogen and oxygen atoms in total. The monoisotopic (exact) mass is 468 g/mol. The van der Waals surface area contributed by atoms with E-state index in [1.54, 1.807) is 6.07 Å². The number of halogens is 3. The highest BCUT2D eigenvalue weighted by atomic mass is 35.5. The third-order valence-corrected chi connectivity index (χ3v) is 12.1. The van der Waals surface area contributed by atoms with E-state index in [0.717, 1.165) is 23.3 Å². The molecule has 0 aliphatic heterocycles. The van der Waals surface area contributed by atoms with E-state index in [-0.39, 0.29) is 5.25 Å². The van der Waals surface area contributed by atoms with Gasteiger partial charge in [0.2, 0.25) is 0 Å². The summed E-state index contributed by atoms with van der Waals surface area (Å²) >= 11 is 21.0. The van der Waals surface area contributed by atoms with Crippen LogP contribution in [0.25, 0.3) is 0 Å². The number of rotatable bonds is 9. The van der Waals surface area contributed by atoms with Crippen LogP contribution in [0.5, 0.6) is 0 Å². The molecule has 142 valence electrons. The summed E-state index contributed by atoms with van der Waals surface area (Å²) in [5.41, 5.74) is 1.90. The molecule has 0 heterocycles. The molecule has 0 fully saturated rings. The van der Waals surface area contributed by atoms with Crippen molar-refractivity contribution in [3.8, 4) is 0 Å². The summed E-state index contributed by atoms with van der Waals surface area (Å²) in [6.45, 7) is 4.31. The first-order valence-corrected chi connectivity index (χ1v) is 14.0. The highest BCUT2D eigenvalue weighted by molar-refractivity contribution is 8.89. The number of hydrogen-bond donors (Lipinski definition) is 0. The minimum Gasteiger partial charge on any atom is -0.314 e. The second-order valence-electron chi connectivity index (χ2n) is 5.41. The van der Waals surface area contributed by atoms with Crippen molar-refractivity contribution in [2.45, 2.75) is 25.5 Å². The van der Waals surface area contributed by atoms with Gasteiger partial charge in [0.15, 0.2) is 0 Å². The average molecular weight is 470 g/mol. The van der Waals surface area contributed by atoms with Crippen LogP contribution in [0, 0.1) is 0 Å². The van der Waals surface area contributed by atoms with Crippen LogP contribution in [-0.2, 0) is 9.09 Å². The van der Waals surface area contributed by atoms with E-state index >= 15 is 0 Å². The second-order valence-corrected chi connectivity index (χ2v) is 14.1. The van der Waals surface area contributed by atoms with Gasteiger partial charge in [0.05, 0.1) is 21.9 Å². The zero-order valence-electron chi connectivity index (χ0n) is 14.5. The zero-order chi connectivity index (χ0) is 19.2. The molecule has 0 radical (unpaired) electrons. The van der Waals surface area contributed by atoms with Crippen LogP contribution in [0.1, 0.15) is 36.6 Å². The molecule has 2 unspecified atom stereocenters. The summed E-state index contributed by atoms with van der Waals surface area (Å²) in [4.78, 5) is 0. The highest BCUT2D eigenvalue weighted by Gasteiger charge is 2.31. The Morgan fingerprint density at radius 1 is 1.00 bits per heavy atom. The molecule has 0 saturated carbocycles. The van der Waals surface area contributed by atoms with Gasteiger partial charge in [0.25, 0.3) is 0 Å². The molecule has 2 rings (SSSR count). The van der Waals surface area contributed by atoms with Gasteiger partial charge in [0.1, 0.15) is 0 Å². The predicted molar refractivity (Wildman–Crippen MR) is 119 cm³/mol. The first kappa shape index (κ1) is 22.5. The summed E-state index contributed by atoms with van der Waals surface area (Å²) in [7, 11) is 0. The summed E-state index contributed by atoms with van der Waals surface area (Å²) in [6, 6.07) is 13.0. The average Bonchev–Trinajstić information content (AvgIpc) is 2.62. The number of benzene rings is 2. The molecular weight excluding hydrogens is 450 g/mol. The Kier molecular flexibility index (Phi) is 9.22. The van der Waals surface area contributed by atoms with Crippen LogP contribution in [0.4, 0.5) is 0 Å². The standard InChI is InChI=1S/C18H20Cl3O2PS2/c1-3-11-25-24(22,23-4-2)26-18(13-5-8-15(19)9-6-13)14-7-10-16(20)17(21)12-14/h5-10,12,18H,3-4,11H2,1-2H3. The molecular formula is C18H20Cl3O2PS2. The molecule has 0 spiro atoms. The molecule has 0 aliphatic carbocycles. The van der Waals surface area contributed by atoms with Gasteiger partial charge in [-0.25, -0.2) is 0 Å². The smallest absolute Gasteiger partial charge is 0.314 e. The summed E-state index contributed by atoms with van der Waals surface area (Å²) in [6.07, 6.45) is 0.931. The fourth-order valence-electron chi connectivity index (χ4n) is 2.22. The minimum atomic E-state index is -2.94. The summed E-state index contributed by atoms with van der Waals surface area (Å²) in [5.74, 6) is -2.16. The normalized spacial score (nSPS) is 14.8. The maximum absolute atomic E-state index is 13.4. The summed E-state index contributed by atoms with van der Waals surface area (Å²) in [5, 5.41) is 1.41. The Bertz CT molecular complexity index is 772. The fraction of sp³-hybridized carbons (Fsp3) is 0.333. The van der Waals surface area contributed by atoms with Gasteiger partial charge in [-0.15, -0.1) is 0 Å². The molecule has 0 amide bonds. The molecule has 0 aliphatic rings. The maximum atomic E-state index is 13.4. The predicted octanol–water partition coefficient (Wildman–Crippen LogP) is 8.76. The quantitative estimate of drug-likeness (QED) is 0.343. The molecule has 26 heavy (non-hydrogen) atoms. The molecule has 0 bridgehead atoms. The lowest BCUT2D eigenvalue weighted by Gasteiger charge is -2.23. The topological polar surface area (TPSA) is 26.3 Å². The second kappa shape index (κ2) is 10.7. The third-order valence-electron chi connectivity index (χ3n) is 3.39. The molecule has 0 saturated heterocycles. The van der Waals surface area contributed by atoms with E-state index in [4.69, 9.17) is 39.3 Å². The zero-order valence-corrected chi connectivity index (χ0v) is 19.2. The van der Waals surface area contributed by atoms with Crippen molar-refractivity contribution in [1.29, 1.82) is 0 Å². The van der Waals surface area contributed by atoms with E-state index in [1.165, 1.54) is 22.8 Å². The summed E-state index contributed by atoms with van der Waals surface area (Å²) < 4.78 is 19.0. The molecule has 0 N–H and O–H groups in total. The van der Waals surface area contributed by atoms with Crippen molar-refractivity contribution < 1.29 is 9.09 Å². The SMILES string of the molecule is CCCSP(=O)(OCC)SC(c1ccc(Cl)cc1)c1ccc(Cl)c(Cl)c1. The van der Waals surface area contributed by atoms with Gasteiger partial charge in [-0.05, 0) is 60.1 Å². The number of hydrogen-bond acceptors (Lipinski definition) is 4. The van der Waals surface area contributed by atoms with Crippen LogP contribution in [0.15, 0.2) is 42.5 Å². The van der Waals surface area contributed by atoms with Crippen molar-refractivity contribution in [2.24, 2.45) is 0 Å². The minimum absolute atomic E-state index is 0.205. The third kappa shape index (κ3) is 6.38. The van der Waals surface area contributed by atoms with Gasteiger partial charge in [0, 0.05) is 10.8 Å². The molecule has 2 aromatic carbocycles. The van der Waals surface area contributed by atoms with Crippen LogP contribution in [0.3, 0.4) is 0 Å². The lowest BCUT2D eigenvalue weighted by Crippen LogP contribution is -1.98. The molecule has 0 aromatic heterocycles. The fourth-order valence-corrected chi connectivity index (χ4v) is 10.3. The maximum Gasteiger partial charge on any atom is 0.314 e. The van der Waals surface area contributed by atoms with Crippen molar-refractivity contribution in [3.63, 3.8) is 0 Å². The Morgan fingerprint density at radius 3 is 2.23 bits per heavy atom. The van der Waals surface area contributed by atoms with E-state index < -0.39 is 5.77 Å². The van der Waals surface area contributed by atoms with Gasteiger partial charge in [-0.3, -0.25) is 4.57 Å². The Balaban J connectivity index is 2.43. The lowest BCUT2D eigenvalue weighted by atomic mass is 10.0. The van der Waals surface area contributed by atoms with Gasteiger partial charge >= 0.3 is 5.77 Å². The van der Waals surface area contributed by atoms with Crippen LogP contribution in [-0.4, -0.2) is 12.4 Å². The first-order chi connectivity index (χ1) is 12.4. The molecule has 8 heteroatoms. The van der Waals surface area contributed by atoms with Crippen molar-refractivity contribution in [2.75, 3.05) is 12.4 Å². The Hall–Kier alpha value is 0.200. The van der Waals surface area contributed by atoms with Gasteiger partial charge < -0.3 is 4.52 Å². The van der Waals surface area contributed by atoms with E-state index in [0.29, 0.717) is 21.7 Å². The Morgan fingerprint density at radius 2 is 1.65 bits per heavy atom. The van der Waals surface area contributed by atoms with Crippen molar-refractivity contribution in [3.05, 3.63) is 68.7 Å². The highest BCUT2D eigenvalue weighted by Crippen LogP contribution is 2.74.